The summed E-state index contributed by atoms with van der Waals surface area (Å²) in [6.07, 6.45) is 5.94. The molecule has 1 fully saturated rings. The Morgan fingerprint density at radius 2 is 1.95 bits per heavy atom. The van der Waals surface area contributed by atoms with E-state index in [-0.39, 0.29) is 16.8 Å². The standard InChI is InChI=1S/C16H22N2O3S/c1-12(19)18-10-9-13-7-8-15(11-16(13)18)22(20,21)17-14-5-3-2-4-6-14/h7-8,11,14,17H,2-6,9-10H2,1H3. The summed E-state index contributed by atoms with van der Waals surface area (Å²) in [7, 11) is -3.52. The molecule has 1 saturated carbocycles. The Hall–Kier alpha value is -1.40. The summed E-state index contributed by atoms with van der Waals surface area (Å²) in [6, 6.07) is 5.15. The Morgan fingerprint density at radius 1 is 1.23 bits per heavy atom. The van der Waals surface area contributed by atoms with Crippen LogP contribution in [0.3, 0.4) is 0 Å². The average Bonchev–Trinajstić information content (AvgIpc) is 2.91. The maximum atomic E-state index is 12.6. The van der Waals surface area contributed by atoms with Gasteiger partial charge < -0.3 is 4.90 Å². The molecule has 0 spiro atoms. The van der Waals surface area contributed by atoms with Crippen molar-refractivity contribution in [2.45, 2.75) is 56.4 Å². The van der Waals surface area contributed by atoms with Gasteiger partial charge in [0.25, 0.3) is 0 Å². The van der Waals surface area contributed by atoms with Gasteiger partial charge in [-0.25, -0.2) is 13.1 Å². The first-order chi connectivity index (χ1) is 10.5. The summed E-state index contributed by atoms with van der Waals surface area (Å²) in [5, 5.41) is 0. The fraction of sp³-hybridized carbons (Fsp3) is 0.562. The third kappa shape index (κ3) is 3.03. The molecule has 0 aromatic heterocycles. The van der Waals surface area contributed by atoms with E-state index in [4.69, 9.17) is 0 Å². The SMILES string of the molecule is CC(=O)N1CCc2ccc(S(=O)(=O)NC3CCCCC3)cc21. The van der Waals surface area contributed by atoms with Crippen LogP contribution in [0.2, 0.25) is 0 Å². The normalized spacial score (nSPS) is 19.2. The smallest absolute Gasteiger partial charge is 0.240 e. The van der Waals surface area contributed by atoms with Crippen molar-refractivity contribution in [2.24, 2.45) is 0 Å². The minimum absolute atomic E-state index is 0.0379. The number of carbonyl (C=O) groups excluding carboxylic acids is 1. The van der Waals surface area contributed by atoms with Crippen LogP contribution in [-0.4, -0.2) is 26.9 Å². The number of fused-ring (bicyclic) bond motifs is 1. The fourth-order valence-corrected chi connectivity index (χ4v) is 4.69. The maximum absolute atomic E-state index is 12.6. The molecule has 1 aliphatic carbocycles. The second-order valence-electron chi connectivity index (χ2n) is 6.17. The Bertz CT molecular complexity index is 679. The van der Waals surface area contributed by atoms with Gasteiger partial charge in [0.2, 0.25) is 15.9 Å². The number of benzene rings is 1. The minimum Gasteiger partial charge on any atom is -0.312 e. The molecular weight excluding hydrogens is 300 g/mol. The van der Waals surface area contributed by atoms with Gasteiger partial charge in [0, 0.05) is 25.2 Å². The number of hydrogen-bond acceptors (Lipinski definition) is 3. The van der Waals surface area contributed by atoms with Crippen molar-refractivity contribution in [1.82, 2.24) is 4.72 Å². The van der Waals surface area contributed by atoms with Crippen molar-refractivity contribution < 1.29 is 13.2 Å². The Kier molecular flexibility index (Phi) is 4.23. The molecule has 0 bridgehead atoms. The summed E-state index contributed by atoms with van der Waals surface area (Å²) in [5.74, 6) is -0.0477. The van der Waals surface area contributed by atoms with Crippen LogP contribution < -0.4 is 9.62 Å². The Labute approximate surface area is 131 Å². The van der Waals surface area contributed by atoms with Crippen LogP contribution >= 0.6 is 0 Å². The molecule has 0 atom stereocenters. The third-order valence-electron chi connectivity index (χ3n) is 4.57. The van der Waals surface area contributed by atoms with E-state index >= 15 is 0 Å². The lowest BCUT2D eigenvalue weighted by Gasteiger charge is -2.23. The summed E-state index contributed by atoms with van der Waals surface area (Å²) in [4.78, 5) is 13.5. The number of nitrogens with one attached hydrogen (secondary N) is 1. The lowest BCUT2D eigenvalue weighted by atomic mass is 9.96. The predicted octanol–water partition coefficient (Wildman–Crippen LogP) is 2.21. The number of hydrogen-bond donors (Lipinski definition) is 1. The zero-order valence-corrected chi connectivity index (χ0v) is 13.7. The molecule has 0 unspecified atom stereocenters. The van der Waals surface area contributed by atoms with Crippen molar-refractivity contribution in [3.8, 4) is 0 Å². The van der Waals surface area contributed by atoms with Gasteiger partial charge in [0.1, 0.15) is 0 Å². The first-order valence-electron chi connectivity index (χ1n) is 7.91. The second kappa shape index (κ2) is 6.01. The highest BCUT2D eigenvalue weighted by Gasteiger charge is 2.26. The summed E-state index contributed by atoms with van der Waals surface area (Å²) < 4.78 is 27.9. The van der Waals surface area contributed by atoms with Gasteiger partial charge in [-0.05, 0) is 37.0 Å². The Morgan fingerprint density at radius 3 is 2.64 bits per heavy atom. The van der Waals surface area contributed by atoms with Crippen molar-refractivity contribution in [2.75, 3.05) is 11.4 Å². The van der Waals surface area contributed by atoms with E-state index in [1.54, 1.807) is 17.0 Å². The van der Waals surface area contributed by atoms with E-state index in [9.17, 15) is 13.2 Å². The fourth-order valence-electron chi connectivity index (χ4n) is 3.36. The lowest BCUT2D eigenvalue weighted by Crippen LogP contribution is -2.36. The Balaban J connectivity index is 1.85. The molecular formula is C16H22N2O3S. The van der Waals surface area contributed by atoms with Crippen LogP contribution in [0.4, 0.5) is 5.69 Å². The molecule has 0 saturated heterocycles. The monoisotopic (exact) mass is 322 g/mol. The highest BCUT2D eigenvalue weighted by Crippen LogP contribution is 2.31. The lowest BCUT2D eigenvalue weighted by molar-refractivity contribution is -0.116. The minimum atomic E-state index is -3.52. The van der Waals surface area contributed by atoms with Gasteiger partial charge in [-0.3, -0.25) is 4.79 Å². The van der Waals surface area contributed by atoms with E-state index in [0.29, 0.717) is 6.54 Å². The number of carbonyl (C=O) groups is 1. The van der Waals surface area contributed by atoms with Gasteiger partial charge in [-0.1, -0.05) is 25.3 Å². The molecule has 22 heavy (non-hydrogen) atoms. The van der Waals surface area contributed by atoms with Gasteiger partial charge in [-0.2, -0.15) is 0 Å². The van der Waals surface area contributed by atoms with Crippen molar-refractivity contribution in [3.05, 3.63) is 23.8 Å². The molecule has 2 aliphatic rings. The molecule has 6 heteroatoms. The zero-order valence-electron chi connectivity index (χ0n) is 12.8. The van der Waals surface area contributed by atoms with Crippen LogP contribution in [-0.2, 0) is 21.2 Å². The van der Waals surface area contributed by atoms with Crippen LogP contribution in [0.25, 0.3) is 0 Å². The number of nitrogens with zero attached hydrogens (tertiary/aromatic N) is 1. The van der Waals surface area contributed by atoms with Crippen LogP contribution in [0, 0.1) is 0 Å². The number of anilines is 1. The van der Waals surface area contributed by atoms with Crippen LogP contribution in [0.1, 0.15) is 44.6 Å². The largest absolute Gasteiger partial charge is 0.312 e. The summed E-state index contributed by atoms with van der Waals surface area (Å²) in [6.45, 7) is 2.14. The van der Waals surface area contributed by atoms with Crippen LogP contribution in [0.5, 0.6) is 0 Å². The van der Waals surface area contributed by atoms with E-state index in [0.717, 1.165) is 43.4 Å². The number of sulfonamides is 1. The van der Waals surface area contributed by atoms with E-state index in [1.165, 1.54) is 13.3 Å². The van der Waals surface area contributed by atoms with Gasteiger partial charge in [0.15, 0.2) is 0 Å². The van der Waals surface area contributed by atoms with Gasteiger partial charge in [-0.15, -0.1) is 0 Å². The highest BCUT2D eigenvalue weighted by molar-refractivity contribution is 7.89. The summed E-state index contributed by atoms with van der Waals surface area (Å²) >= 11 is 0. The average molecular weight is 322 g/mol. The first kappa shape index (κ1) is 15.5. The number of rotatable bonds is 3. The van der Waals surface area contributed by atoms with Gasteiger partial charge >= 0.3 is 0 Å². The molecule has 1 heterocycles. The third-order valence-corrected chi connectivity index (χ3v) is 6.09. The van der Waals surface area contributed by atoms with E-state index in [2.05, 4.69) is 4.72 Å². The van der Waals surface area contributed by atoms with Crippen LogP contribution in [0.15, 0.2) is 23.1 Å². The van der Waals surface area contributed by atoms with E-state index in [1.807, 2.05) is 6.07 Å². The molecule has 1 aromatic rings. The summed E-state index contributed by atoms with van der Waals surface area (Å²) in [5.41, 5.74) is 1.77. The molecule has 1 amide bonds. The first-order valence-corrected chi connectivity index (χ1v) is 9.39. The quantitative estimate of drug-likeness (QED) is 0.928. The number of amides is 1. The molecule has 5 nitrogen and oxygen atoms in total. The van der Waals surface area contributed by atoms with Crippen molar-refractivity contribution in [1.29, 1.82) is 0 Å². The van der Waals surface area contributed by atoms with Crippen molar-refractivity contribution >= 4 is 21.6 Å². The second-order valence-corrected chi connectivity index (χ2v) is 7.88. The molecule has 1 N–H and O–H groups in total. The van der Waals surface area contributed by atoms with E-state index < -0.39 is 10.0 Å². The molecule has 1 aromatic carbocycles. The predicted molar refractivity (Wildman–Crippen MR) is 85.4 cm³/mol. The molecule has 120 valence electrons. The maximum Gasteiger partial charge on any atom is 0.240 e. The van der Waals surface area contributed by atoms with Gasteiger partial charge in [0.05, 0.1) is 4.90 Å². The topological polar surface area (TPSA) is 66.5 Å². The zero-order chi connectivity index (χ0) is 15.7. The van der Waals surface area contributed by atoms with Crippen molar-refractivity contribution in [3.63, 3.8) is 0 Å². The molecule has 0 radical (unpaired) electrons. The molecule has 3 rings (SSSR count). The molecule has 1 aliphatic heterocycles. The highest BCUT2D eigenvalue weighted by atomic mass is 32.2.